The number of alkyl halides is 2. The standard InChI is InChI=1S/C8H16F2N2O/c9-8(10)6-13-4-3-12-7-1-2-11-5-7/h7-8,11-12H,1-6H2. The number of halogens is 2. The van der Waals surface area contributed by atoms with Crippen molar-refractivity contribution in [3.8, 4) is 0 Å². The molecular weight excluding hydrogens is 178 g/mol. The molecule has 0 bridgehead atoms. The molecule has 1 fully saturated rings. The van der Waals surface area contributed by atoms with Crippen LogP contribution in [0.4, 0.5) is 8.78 Å². The first kappa shape index (κ1) is 10.8. The van der Waals surface area contributed by atoms with Crippen LogP contribution in [0.15, 0.2) is 0 Å². The second-order valence-electron chi connectivity index (χ2n) is 3.11. The Balaban J connectivity index is 1.83. The molecule has 3 nitrogen and oxygen atoms in total. The first-order valence-electron chi connectivity index (χ1n) is 4.59. The van der Waals surface area contributed by atoms with Gasteiger partial charge in [0, 0.05) is 19.1 Å². The van der Waals surface area contributed by atoms with E-state index in [9.17, 15) is 8.78 Å². The summed E-state index contributed by atoms with van der Waals surface area (Å²) in [5, 5.41) is 6.43. The highest BCUT2D eigenvalue weighted by Gasteiger charge is 2.12. The Labute approximate surface area is 76.8 Å². The zero-order valence-electron chi connectivity index (χ0n) is 7.56. The van der Waals surface area contributed by atoms with Crippen LogP contribution in [-0.4, -0.2) is 45.3 Å². The van der Waals surface area contributed by atoms with E-state index in [1.807, 2.05) is 0 Å². The summed E-state index contributed by atoms with van der Waals surface area (Å²) >= 11 is 0. The molecule has 1 unspecified atom stereocenters. The lowest BCUT2D eigenvalue weighted by molar-refractivity contribution is 0.0183. The Hall–Kier alpha value is -0.260. The zero-order valence-corrected chi connectivity index (χ0v) is 7.56. The Kier molecular flexibility index (Phi) is 5.19. The molecule has 0 spiro atoms. The minimum atomic E-state index is -2.35. The fraction of sp³-hybridized carbons (Fsp3) is 1.00. The van der Waals surface area contributed by atoms with Crippen molar-refractivity contribution in [1.29, 1.82) is 0 Å². The summed E-state index contributed by atoms with van der Waals surface area (Å²) in [6, 6.07) is 0.482. The molecule has 1 saturated heterocycles. The van der Waals surface area contributed by atoms with Crippen molar-refractivity contribution in [3.63, 3.8) is 0 Å². The SMILES string of the molecule is FC(F)COCCNC1CCNC1. The van der Waals surface area contributed by atoms with Crippen molar-refractivity contribution in [1.82, 2.24) is 10.6 Å². The third kappa shape index (κ3) is 5.13. The van der Waals surface area contributed by atoms with Gasteiger partial charge in [0.25, 0.3) is 6.43 Å². The molecule has 0 aromatic heterocycles. The van der Waals surface area contributed by atoms with Crippen molar-refractivity contribution in [3.05, 3.63) is 0 Å². The van der Waals surface area contributed by atoms with Gasteiger partial charge in [0.15, 0.2) is 0 Å². The summed E-state index contributed by atoms with van der Waals surface area (Å²) in [7, 11) is 0. The average molecular weight is 194 g/mol. The second-order valence-corrected chi connectivity index (χ2v) is 3.11. The summed E-state index contributed by atoms with van der Waals surface area (Å²) in [6.45, 7) is 2.56. The molecule has 0 saturated carbocycles. The highest BCUT2D eigenvalue weighted by Crippen LogP contribution is 1.96. The van der Waals surface area contributed by atoms with Gasteiger partial charge in [-0.25, -0.2) is 8.78 Å². The molecule has 13 heavy (non-hydrogen) atoms. The van der Waals surface area contributed by atoms with Crippen molar-refractivity contribution < 1.29 is 13.5 Å². The van der Waals surface area contributed by atoms with E-state index in [-0.39, 0.29) is 0 Å². The van der Waals surface area contributed by atoms with Gasteiger partial charge in [0.1, 0.15) is 6.61 Å². The lowest BCUT2D eigenvalue weighted by Crippen LogP contribution is -2.33. The molecule has 0 aromatic rings. The van der Waals surface area contributed by atoms with Crippen LogP contribution in [0.2, 0.25) is 0 Å². The number of hydrogen-bond acceptors (Lipinski definition) is 3. The molecule has 0 amide bonds. The van der Waals surface area contributed by atoms with Crippen molar-refractivity contribution in [2.24, 2.45) is 0 Å². The molecule has 2 N–H and O–H groups in total. The predicted molar refractivity (Wildman–Crippen MR) is 46.1 cm³/mol. The van der Waals surface area contributed by atoms with Crippen molar-refractivity contribution >= 4 is 0 Å². The van der Waals surface area contributed by atoms with E-state index in [0.717, 1.165) is 19.5 Å². The third-order valence-electron chi connectivity index (χ3n) is 1.98. The summed E-state index contributed by atoms with van der Waals surface area (Å²) in [4.78, 5) is 0. The van der Waals surface area contributed by atoms with E-state index in [1.54, 1.807) is 0 Å². The number of ether oxygens (including phenoxy) is 1. The average Bonchev–Trinajstić information content (AvgIpc) is 2.55. The molecule has 5 heteroatoms. The van der Waals surface area contributed by atoms with Crippen LogP contribution in [0.25, 0.3) is 0 Å². The Morgan fingerprint density at radius 3 is 3.00 bits per heavy atom. The highest BCUT2D eigenvalue weighted by atomic mass is 19.3. The van der Waals surface area contributed by atoms with Crippen molar-refractivity contribution in [2.75, 3.05) is 32.8 Å². The third-order valence-corrected chi connectivity index (χ3v) is 1.98. The molecule has 1 aliphatic rings. The quantitative estimate of drug-likeness (QED) is 0.593. The van der Waals surface area contributed by atoms with Gasteiger partial charge in [-0.05, 0) is 13.0 Å². The Morgan fingerprint density at radius 1 is 1.54 bits per heavy atom. The van der Waals surface area contributed by atoms with E-state index < -0.39 is 13.0 Å². The van der Waals surface area contributed by atoms with Crippen LogP contribution in [0.3, 0.4) is 0 Å². The van der Waals surface area contributed by atoms with Gasteiger partial charge >= 0.3 is 0 Å². The Bertz CT molecular complexity index is 129. The van der Waals surface area contributed by atoms with Gasteiger partial charge in [-0.1, -0.05) is 0 Å². The summed E-state index contributed by atoms with van der Waals surface area (Å²) in [5.74, 6) is 0. The normalized spacial score (nSPS) is 22.8. The maximum atomic E-state index is 11.6. The molecule has 0 radical (unpaired) electrons. The first-order chi connectivity index (χ1) is 6.29. The largest absolute Gasteiger partial charge is 0.374 e. The minimum absolute atomic E-state index is 0.362. The molecule has 1 heterocycles. The predicted octanol–water partition coefficient (Wildman–Crippen LogP) is 0.220. The van der Waals surface area contributed by atoms with Gasteiger partial charge in [-0.2, -0.15) is 0 Å². The van der Waals surface area contributed by atoms with E-state index in [2.05, 4.69) is 10.6 Å². The molecule has 1 atom stereocenters. The fourth-order valence-electron chi connectivity index (χ4n) is 1.34. The van der Waals surface area contributed by atoms with Crippen LogP contribution in [-0.2, 0) is 4.74 Å². The van der Waals surface area contributed by atoms with Gasteiger partial charge in [0.05, 0.1) is 6.61 Å². The molecule has 0 aromatic carbocycles. The second kappa shape index (κ2) is 6.23. The van der Waals surface area contributed by atoms with Gasteiger partial charge in [-0.3, -0.25) is 0 Å². The summed E-state index contributed by atoms with van der Waals surface area (Å²) in [5.41, 5.74) is 0. The van der Waals surface area contributed by atoms with Gasteiger partial charge in [0.2, 0.25) is 0 Å². The van der Waals surface area contributed by atoms with E-state index in [0.29, 0.717) is 19.2 Å². The van der Waals surface area contributed by atoms with Crippen LogP contribution in [0.1, 0.15) is 6.42 Å². The molecular formula is C8H16F2N2O. The number of nitrogens with one attached hydrogen (secondary N) is 2. The van der Waals surface area contributed by atoms with E-state index in [1.165, 1.54) is 0 Å². The zero-order chi connectivity index (χ0) is 9.52. The number of rotatable bonds is 6. The lowest BCUT2D eigenvalue weighted by Gasteiger charge is -2.10. The first-order valence-corrected chi connectivity index (χ1v) is 4.59. The van der Waals surface area contributed by atoms with E-state index >= 15 is 0 Å². The van der Waals surface area contributed by atoms with Crippen LogP contribution >= 0.6 is 0 Å². The maximum absolute atomic E-state index is 11.6. The monoisotopic (exact) mass is 194 g/mol. The van der Waals surface area contributed by atoms with Crippen molar-refractivity contribution in [2.45, 2.75) is 18.9 Å². The Morgan fingerprint density at radius 2 is 2.38 bits per heavy atom. The minimum Gasteiger partial charge on any atom is -0.374 e. The van der Waals surface area contributed by atoms with Crippen LogP contribution in [0.5, 0.6) is 0 Å². The smallest absolute Gasteiger partial charge is 0.261 e. The maximum Gasteiger partial charge on any atom is 0.261 e. The molecule has 78 valence electrons. The van der Waals surface area contributed by atoms with Crippen LogP contribution in [0, 0.1) is 0 Å². The summed E-state index contributed by atoms with van der Waals surface area (Å²) < 4.78 is 27.9. The number of hydrogen-bond donors (Lipinski definition) is 2. The molecule has 1 aliphatic heterocycles. The topological polar surface area (TPSA) is 33.3 Å². The summed E-state index contributed by atoms with van der Waals surface area (Å²) in [6.07, 6.45) is -1.25. The lowest BCUT2D eigenvalue weighted by atomic mass is 10.3. The van der Waals surface area contributed by atoms with Gasteiger partial charge in [-0.15, -0.1) is 0 Å². The van der Waals surface area contributed by atoms with Gasteiger partial charge < -0.3 is 15.4 Å². The highest BCUT2D eigenvalue weighted by molar-refractivity contribution is 4.76. The fourth-order valence-corrected chi connectivity index (χ4v) is 1.34. The molecule has 1 rings (SSSR count). The van der Waals surface area contributed by atoms with Crippen LogP contribution < -0.4 is 10.6 Å². The molecule has 0 aliphatic carbocycles. The van der Waals surface area contributed by atoms with E-state index in [4.69, 9.17) is 4.74 Å².